The molecule has 2 fully saturated rings. The van der Waals surface area contributed by atoms with Crippen molar-refractivity contribution in [2.75, 3.05) is 26.3 Å². The van der Waals surface area contributed by atoms with Crippen LogP contribution in [0.5, 0.6) is 0 Å². The van der Waals surface area contributed by atoms with Gasteiger partial charge in [-0.25, -0.2) is 12.8 Å². The van der Waals surface area contributed by atoms with E-state index in [1.165, 1.54) is 6.20 Å². The summed E-state index contributed by atoms with van der Waals surface area (Å²) in [7, 11) is -3.77. The van der Waals surface area contributed by atoms with E-state index in [0.29, 0.717) is 48.9 Å². The van der Waals surface area contributed by atoms with Crippen LogP contribution in [0.2, 0.25) is 5.02 Å². The molecule has 3 heterocycles. The normalized spacial score (nSPS) is 21.5. The third kappa shape index (κ3) is 7.38. The molecular weight excluding hydrogens is 603 g/mol. The topological polar surface area (TPSA) is 115 Å². The highest BCUT2D eigenvalue weighted by Crippen LogP contribution is 2.36. The highest BCUT2D eigenvalue weighted by atomic mass is 35.5. The van der Waals surface area contributed by atoms with Crippen LogP contribution < -0.4 is 11.1 Å². The summed E-state index contributed by atoms with van der Waals surface area (Å²) in [6, 6.07) is 14.3. The van der Waals surface area contributed by atoms with Crippen molar-refractivity contribution in [3.05, 3.63) is 94.5 Å². The minimum atomic E-state index is -3.77. The predicted molar refractivity (Wildman–Crippen MR) is 169 cm³/mol. The maximum Gasteiger partial charge on any atom is 0.243 e. The van der Waals surface area contributed by atoms with Gasteiger partial charge >= 0.3 is 0 Å². The molecule has 3 aromatic rings. The lowest BCUT2D eigenvalue weighted by Crippen LogP contribution is -2.58. The molecule has 2 aliphatic heterocycles. The number of carbonyl (C=O) groups is 1. The molecule has 0 amide bonds. The van der Waals surface area contributed by atoms with E-state index in [4.69, 9.17) is 22.1 Å². The van der Waals surface area contributed by atoms with E-state index in [2.05, 4.69) is 10.3 Å². The van der Waals surface area contributed by atoms with E-state index in [0.717, 1.165) is 24.6 Å². The fourth-order valence-corrected chi connectivity index (χ4v) is 8.65. The molecule has 3 N–H and O–H groups in total. The number of Topliss-reactive ketones (excluding diaryl/α,β-unsaturated/α-hetero) is 1. The third-order valence-electron chi connectivity index (χ3n) is 8.91. The molecule has 4 atom stereocenters. The van der Waals surface area contributed by atoms with Crippen molar-refractivity contribution < 1.29 is 22.3 Å². The van der Waals surface area contributed by atoms with Crippen molar-refractivity contribution in [1.29, 1.82) is 0 Å². The smallest absolute Gasteiger partial charge is 0.243 e. The first-order valence-corrected chi connectivity index (χ1v) is 17.0. The van der Waals surface area contributed by atoms with Crippen LogP contribution in [-0.4, -0.2) is 67.9 Å². The summed E-state index contributed by atoms with van der Waals surface area (Å²) in [6.07, 6.45) is 4.78. The number of piperazine rings is 1. The van der Waals surface area contributed by atoms with Gasteiger partial charge in [0.1, 0.15) is 5.82 Å². The summed E-state index contributed by atoms with van der Waals surface area (Å²) in [5.74, 6) is -0.796. The molecule has 0 unspecified atom stereocenters. The van der Waals surface area contributed by atoms with Crippen LogP contribution in [-0.2, 0) is 32.4 Å². The summed E-state index contributed by atoms with van der Waals surface area (Å²) in [5.41, 5.74) is 8.49. The fourth-order valence-electron chi connectivity index (χ4n) is 6.66. The van der Waals surface area contributed by atoms with E-state index in [1.54, 1.807) is 46.8 Å². The lowest BCUT2D eigenvalue weighted by atomic mass is 9.75. The number of aromatic nitrogens is 1. The Kier molecular flexibility index (Phi) is 10.8. The predicted octanol–water partition coefficient (Wildman–Crippen LogP) is 4.51. The van der Waals surface area contributed by atoms with Crippen LogP contribution >= 0.6 is 11.6 Å². The number of rotatable bonds is 11. The lowest BCUT2D eigenvalue weighted by molar-refractivity contribution is -0.120. The van der Waals surface area contributed by atoms with E-state index in [1.807, 2.05) is 19.1 Å². The molecule has 8 nitrogen and oxygen atoms in total. The summed E-state index contributed by atoms with van der Waals surface area (Å²) >= 11 is 6.14. The number of sulfonamides is 1. The standard InChI is InChI=1S/C33H40ClFN4O4S/c1-22-18-37-20-27(39(22)44(41,42)28-5-3-2-4-6-28)11-12-29-25(19-38-21-30(29)35)17-31(40)33(36)32(24-13-15-43-16-14-24)23-7-9-26(34)10-8-23/h2-10,19,21-22,24,27,32-33,37H,11-18,20,36H2,1H3/t22-,27+,32+,33-/m1/s1. The molecule has 11 heteroatoms. The summed E-state index contributed by atoms with van der Waals surface area (Å²) in [5, 5.41) is 3.92. The van der Waals surface area contributed by atoms with Crippen molar-refractivity contribution in [2.45, 2.75) is 68.0 Å². The number of ketones is 1. The van der Waals surface area contributed by atoms with Crippen molar-refractivity contribution >= 4 is 27.4 Å². The quantitative estimate of drug-likeness (QED) is 0.316. The van der Waals surface area contributed by atoms with Crippen molar-refractivity contribution in [1.82, 2.24) is 14.6 Å². The highest BCUT2D eigenvalue weighted by molar-refractivity contribution is 7.89. The van der Waals surface area contributed by atoms with Gasteiger partial charge in [-0.3, -0.25) is 9.78 Å². The zero-order valence-electron chi connectivity index (χ0n) is 24.9. The van der Waals surface area contributed by atoms with E-state index < -0.39 is 27.9 Å². The maximum absolute atomic E-state index is 15.3. The van der Waals surface area contributed by atoms with E-state index >= 15 is 4.39 Å². The first-order chi connectivity index (χ1) is 21.2. The third-order valence-corrected chi connectivity index (χ3v) is 11.2. The van der Waals surface area contributed by atoms with Crippen LogP contribution in [0.15, 0.2) is 71.9 Å². The second-order valence-electron chi connectivity index (χ2n) is 11.8. The molecule has 0 bridgehead atoms. The Balaban J connectivity index is 1.35. The summed E-state index contributed by atoms with van der Waals surface area (Å²) in [6.45, 7) is 4.05. The highest BCUT2D eigenvalue weighted by Gasteiger charge is 2.38. The summed E-state index contributed by atoms with van der Waals surface area (Å²) in [4.78, 5) is 18.0. The molecule has 236 valence electrons. The van der Waals surface area contributed by atoms with Crippen LogP contribution in [0, 0.1) is 11.7 Å². The first-order valence-electron chi connectivity index (χ1n) is 15.2. The fraction of sp³-hybridized carbons (Fsp3) is 0.455. The van der Waals surface area contributed by atoms with Gasteiger partial charge in [-0.15, -0.1) is 0 Å². The van der Waals surface area contributed by atoms with Gasteiger partial charge in [0.05, 0.1) is 17.1 Å². The largest absolute Gasteiger partial charge is 0.381 e. The van der Waals surface area contributed by atoms with Crippen molar-refractivity contribution in [3.8, 4) is 0 Å². The molecule has 1 aromatic heterocycles. The number of hydrogen-bond donors (Lipinski definition) is 2. The van der Waals surface area contributed by atoms with Crippen LogP contribution in [0.3, 0.4) is 0 Å². The number of nitrogens with two attached hydrogens (primary N) is 1. The monoisotopic (exact) mass is 642 g/mol. The van der Waals surface area contributed by atoms with Crippen LogP contribution in [0.1, 0.15) is 48.8 Å². The summed E-state index contributed by atoms with van der Waals surface area (Å²) < 4.78 is 49.7. The number of pyridine rings is 1. The van der Waals surface area contributed by atoms with Crippen LogP contribution in [0.4, 0.5) is 4.39 Å². The minimum Gasteiger partial charge on any atom is -0.381 e. The second-order valence-corrected chi connectivity index (χ2v) is 14.1. The van der Waals surface area contributed by atoms with Crippen LogP contribution in [0.25, 0.3) is 0 Å². The SMILES string of the molecule is C[C@@H]1CNC[C@H](CCc2c(F)cncc2CC(=O)[C@@H](N)[C@@H](c2ccc(Cl)cc2)C2CCOCC2)N1S(=O)(=O)c1ccccc1. The molecule has 5 rings (SSSR count). The molecule has 0 saturated carbocycles. The number of hydrogen-bond acceptors (Lipinski definition) is 7. The van der Waals surface area contributed by atoms with E-state index in [9.17, 15) is 13.2 Å². The van der Waals surface area contributed by atoms with Gasteiger partial charge in [0.25, 0.3) is 0 Å². The minimum absolute atomic E-state index is 0.0695. The molecule has 0 radical (unpaired) electrons. The second kappa shape index (κ2) is 14.6. The Morgan fingerprint density at radius 2 is 1.82 bits per heavy atom. The Bertz CT molecular complexity index is 1520. The molecule has 2 aliphatic rings. The zero-order chi connectivity index (χ0) is 31.3. The Morgan fingerprint density at radius 1 is 1.11 bits per heavy atom. The molecule has 2 saturated heterocycles. The van der Waals surface area contributed by atoms with Crippen molar-refractivity contribution in [2.24, 2.45) is 11.7 Å². The molecule has 0 aliphatic carbocycles. The average molecular weight is 643 g/mol. The van der Waals surface area contributed by atoms with Gasteiger partial charge < -0.3 is 15.8 Å². The van der Waals surface area contributed by atoms with Gasteiger partial charge in [-0.05, 0) is 79.5 Å². The number of carbonyl (C=O) groups excluding carboxylic acids is 1. The van der Waals surface area contributed by atoms with Gasteiger partial charge in [-0.1, -0.05) is 41.9 Å². The Hall–Kier alpha value is -2.73. The maximum atomic E-state index is 15.3. The Morgan fingerprint density at radius 3 is 2.52 bits per heavy atom. The molecule has 2 aromatic carbocycles. The number of benzene rings is 2. The van der Waals surface area contributed by atoms with Gasteiger partial charge in [0.15, 0.2) is 5.78 Å². The number of nitrogens with one attached hydrogen (secondary N) is 1. The number of ether oxygens (including phenoxy) is 1. The van der Waals surface area contributed by atoms with Gasteiger partial charge in [-0.2, -0.15) is 4.31 Å². The zero-order valence-corrected chi connectivity index (χ0v) is 26.4. The molecule has 44 heavy (non-hydrogen) atoms. The van der Waals surface area contributed by atoms with E-state index in [-0.39, 0.29) is 41.4 Å². The average Bonchev–Trinajstić information content (AvgIpc) is 3.02. The van der Waals surface area contributed by atoms with Gasteiger partial charge in [0, 0.05) is 61.9 Å². The lowest BCUT2D eigenvalue weighted by Gasteiger charge is -2.40. The Labute approximate surface area is 264 Å². The van der Waals surface area contributed by atoms with Crippen molar-refractivity contribution in [3.63, 3.8) is 0 Å². The van der Waals surface area contributed by atoms with Gasteiger partial charge in [0.2, 0.25) is 10.0 Å². The molecule has 0 spiro atoms. The number of halogens is 2. The molecular formula is C33H40ClFN4O4S. The first kappa shape index (κ1) is 32.7. The number of nitrogens with zero attached hydrogens (tertiary/aromatic N) is 2.